The Morgan fingerprint density at radius 2 is 1.57 bits per heavy atom. The second-order valence-electron chi connectivity index (χ2n) is 9.05. The van der Waals surface area contributed by atoms with Gasteiger partial charge in [0.15, 0.2) is 0 Å². The van der Waals surface area contributed by atoms with Crippen molar-refractivity contribution in [2.24, 2.45) is 4.99 Å². The Morgan fingerprint density at radius 3 is 2.00 bits per heavy atom. The number of aryl methyl sites for hydroxylation is 2. The molecule has 35 heavy (non-hydrogen) atoms. The Morgan fingerprint density at radius 1 is 1.00 bits per heavy atom. The van der Waals surface area contributed by atoms with Crippen LogP contribution in [0.3, 0.4) is 0 Å². The van der Waals surface area contributed by atoms with E-state index in [0.29, 0.717) is 0 Å². The maximum Gasteiger partial charge on any atom is 0.126 e. The average molecular weight is 529 g/mol. The molecule has 0 spiro atoms. The minimum absolute atomic E-state index is 0. The average Bonchev–Trinajstić information content (AvgIpc) is 3.12. The second-order valence-corrected chi connectivity index (χ2v) is 11.5. The molecule has 195 valence electrons. The minimum atomic E-state index is -0.436. The first-order chi connectivity index (χ1) is 16.4. The molecule has 0 aromatic heterocycles. The van der Waals surface area contributed by atoms with Crippen molar-refractivity contribution in [2.75, 3.05) is 19.6 Å². The van der Waals surface area contributed by atoms with Crippen molar-refractivity contribution in [3.05, 3.63) is 66.3 Å². The first kappa shape index (κ1) is 35.9. The summed E-state index contributed by atoms with van der Waals surface area (Å²) in [4.78, 5) is 7.49. The van der Waals surface area contributed by atoms with E-state index >= 15 is 0 Å². The summed E-state index contributed by atoms with van der Waals surface area (Å²) in [5.41, 5.74) is 4.25. The maximum absolute atomic E-state index is 4.91. The van der Waals surface area contributed by atoms with Crippen molar-refractivity contribution in [1.29, 1.82) is 0 Å². The smallest absolute Gasteiger partial charge is 0.126 e. The van der Waals surface area contributed by atoms with E-state index in [-0.39, 0.29) is 21.7 Å². The summed E-state index contributed by atoms with van der Waals surface area (Å²) in [6.45, 7) is 24.7. The molecule has 2 aromatic rings. The van der Waals surface area contributed by atoms with Crippen molar-refractivity contribution in [1.82, 2.24) is 4.90 Å². The van der Waals surface area contributed by atoms with Crippen LogP contribution in [0.4, 0.5) is 0 Å². The molecule has 0 aliphatic heterocycles. The Bertz CT molecular complexity index is 828. The van der Waals surface area contributed by atoms with Crippen LogP contribution in [0.5, 0.6) is 0 Å². The van der Waals surface area contributed by atoms with E-state index in [1.54, 1.807) is 6.08 Å². The number of allylic oxidation sites excluding steroid dienone is 3. The monoisotopic (exact) mass is 528 g/mol. The molecule has 1 radical (unpaired) electrons. The van der Waals surface area contributed by atoms with E-state index in [4.69, 9.17) is 4.99 Å². The maximum atomic E-state index is 4.91. The van der Waals surface area contributed by atoms with E-state index in [1.807, 2.05) is 19.1 Å². The molecule has 0 aliphatic rings. The van der Waals surface area contributed by atoms with Crippen LogP contribution in [0, 0.1) is 13.8 Å². The van der Waals surface area contributed by atoms with Gasteiger partial charge in [0.05, 0.1) is 5.46 Å². The largest absolute Gasteiger partial charge is 0.365 e. The molecule has 2 rings (SSSR count). The van der Waals surface area contributed by atoms with Gasteiger partial charge in [-0.25, -0.2) is 0 Å². The van der Waals surface area contributed by atoms with Crippen molar-refractivity contribution in [2.45, 2.75) is 93.2 Å². The van der Waals surface area contributed by atoms with Crippen molar-refractivity contribution >= 4 is 25.0 Å². The van der Waals surface area contributed by atoms with E-state index < -0.39 is 8.80 Å². The van der Waals surface area contributed by atoms with Crippen LogP contribution in [0.2, 0.25) is 13.1 Å². The fourth-order valence-electron chi connectivity index (χ4n) is 3.59. The Balaban J connectivity index is 0. The molecule has 2 nitrogen and oxygen atoms in total. The van der Waals surface area contributed by atoms with Gasteiger partial charge in [-0.2, -0.15) is 5.56 Å². The number of fused-ring (bicyclic) bond motifs is 1. The molecule has 0 atom stereocenters. The summed E-state index contributed by atoms with van der Waals surface area (Å²) in [7, 11) is -0.436. The minimum Gasteiger partial charge on any atom is -0.365 e. The van der Waals surface area contributed by atoms with Gasteiger partial charge in [0.25, 0.3) is 0 Å². The quantitative estimate of drug-likeness (QED) is 0.0708. The van der Waals surface area contributed by atoms with Crippen LogP contribution in [-0.2, 0) is 21.7 Å². The van der Waals surface area contributed by atoms with Crippen LogP contribution in [0.15, 0.2) is 60.1 Å². The summed E-state index contributed by atoms with van der Waals surface area (Å²) in [5, 5.41) is 2.76. The molecular weight excluding hydrogens is 476 g/mol. The Kier molecular flexibility index (Phi) is 23.7. The predicted octanol–water partition coefficient (Wildman–Crippen LogP) is 9.30. The Hall–Kier alpha value is -1.29. The van der Waals surface area contributed by atoms with Gasteiger partial charge < -0.3 is 4.90 Å². The molecule has 0 bridgehead atoms. The number of amidine groups is 1. The van der Waals surface area contributed by atoms with Crippen LogP contribution < -0.4 is 0 Å². The molecule has 0 saturated carbocycles. The van der Waals surface area contributed by atoms with Gasteiger partial charge in [0.1, 0.15) is 8.80 Å². The summed E-state index contributed by atoms with van der Waals surface area (Å²) >= 11 is 0. The van der Waals surface area contributed by atoms with Gasteiger partial charge in [0, 0.05) is 41.4 Å². The molecule has 4 heteroatoms. The van der Waals surface area contributed by atoms with Gasteiger partial charge in [-0.15, -0.1) is 40.6 Å². The van der Waals surface area contributed by atoms with Crippen LogP contribution >= 0.6 is 0 Å². The number of aliphatic imine (C=N–C) groups is 1. The number of rotatable bonds is 11. The first-order valence-corrected chi connectivity index (χ1v) is 15.8. The molecule has 2 aromatic carbocycles. The number of hydrogen-bond acceptors (Lipinski definition) is 1. The fraction of sp³-hybridized carbons (Fsp3) is 0.548. The van der Waals surface area contributed by atoms with Gasteiger partial charge in [-0.05, 0) is 26.2 Å². The molecule has 0 fully saturated rings. The summed E-state index contributed by atoms with van der Waals surface area (Å²) < 4.78 is 0. The third-order valence-corrected chi connectivity index (χ3v) is 7.11. The third-order valence-electron chi connectivity index (χ3n) is 5.74. The van der Waals surface area contributed by atoms with Crippen LogP contribution in [-0.4, -0.2) is 38.8 Å². The van der Waals surface area contributed by atoms with E-state index in [2.05, 4.69) is 89.5 Å². The molecular formula is C31H52N2SiTi-. The number of unbranched alkanes of at least 4 members (excludes halogenated alkanes) is 3. The molecule has 0 saturated heterocycles. The first-order valence-electron chi connectivity index (χ1n) is 13.3. The molecule has 0 unspecified atom stereocenters. The van der Waals surface area contributed by atoms with Crippen molar-refractivity contribution in [3.8, 4) is 0 Å². The van der Waals surface area contributed by atoms with Crippen molar-refractivity contribution in [3.63, 3.8) is 0 Å². The molecule has 0 amide bonds. The van der Waals surface area contributed by atoms with E-state index in [0.717, 1.165) is 6.54 Å². The predicted molar refractivity (Wildman–Crippen MR) is 160 cm³/mol. The van der Waals surface area contributed by atoms with Gasteiger partial charge in [-0.3, -0.25) is 4.99 Å². The Labute approximate surface area is 234 Å². The van der Waals surface area contributed by atoms with Crippen LogP contribution in [0.25, 0.3) is 10.8 Å². The van der Waals surface area contributed by atoms with Crippen molar-refractivity contribution < 1.29 is 21.7 Å². The van der Waals surface area contributed by atoms with E-state index in [1.165, 1.54) is 79.0 Å². The molecule has 0 aliphatic carbocycles. The zero-order valence-corrected chi connectivity index (χ0v) is 26.6. The SMILES string of the molecule is C=CC=CC.CCCCN=C(N(CCCC)CCCC)[Si](C)C.Cc1[cH-]c2ccccc2c1C.[Ti]. The number of hydrogen-bond donors (Lipinski definition) is 0. The molecule has 0 heterocycles. The summed E-state index contributed by atoms with van der Waals surface area (Å²) in [5.74, 6) is 0. The van der Waals surface area contributed by atoms with E-state index in [9.17, 15) is 0 Å². The normalized spacial score (nSPS) is 10.9. The zero-order valence-electron chi connectivity index (χ0n) is 24.1. The third kappa shape index (κ3) is 15.4. The standard InChI is InChI=1S/C15H33N2Si.C11H11.C5H8.Ti/c1-6-9-12-16-15(18(4)5)17(13-10-7-2)14-11-8-3;1-8-7-10-5-3-4-6-11(10)9(8)2;1-3-5-4-2;/h6-14H2,1-5H3;3-7H,1-2H3;3-5H,1H2,2H3;/q;-1;;. The van der Waals surface area contributed by atoms with Gasteiger partial charge in [-0.1, -0.05) is 97.8 Å². The second kappa shape index (κ2) is 23.1. The summed E-state index contributed by atoms with van der Waals surface area (Å²) in [6.07, 6.45) is 13.2. The van der Waals surface area contributed by atoms with Gasteiger partial charge >= 0.3 is 0 Å². The number of nitrogens with zero attached hydrogens (tertiary/aromatic N) is 2. The topological polar surface area (TPSA) is 15.6 Å². The zero-order chi connectivity index (χ0) is 25.8. The number of benzene rings is 1. The molecule has 0 N–H and O–H groups in total. The summed E-state index contributed by atoms with van der Waals surface area (Å²) in [6, 6.07) is 10.8. The fourth-order valence-corrected chi connectivity index (χ4v) is 4.88. The van der Waals surface area contributed by atoms with Gasteiger partial charge in [0.2, 0.25) is 0 Å². The van der Waals surface area contributed by atoms with Crippen LogP contribution in [0.1, 0.15) is 77.3 Å².